The van der Waals surface area contributed by atoms with Gasteiger partial charge in [-0.1, -0.05) is 6.92 Å². The van der Waals surface area contributed by atoms with Gasteiger partial charge in [-0.3, -0.25) is 0 Å². The molecule has 1 aliphatic carbocycles. The van der Waals surface area contributed by atoms with Crippen molar-refractivity contribution in [1.82, 2.24) is 0 Å². The zero-order valence-electron chi connectivity index (χ0n) is 8.34. The molecule has 1 nitrogen and oxygen atoms in total. The third-order valence-corrected chi connectivity index (χ3v) is 4.26. The van der Waals surface area contributed by atoms with Gasteiger partial charge in [0, 0.05) is 9.75 Å². The SMILES string of the molecule is Cc1cc2c(s1)CCC(C)C2CN. The number of rotatable bonds is 1. The molecule has 0 aromatic carbocycles. The number of fused-ring (bicyclic) bond motifs is 1. The average molecular weight is 195 g/mol. The summed E-state index contributed by atoms with van der Waals surface area (Å²) in [6.45, 7) is 5.33. The quantitative estimate of drug-likeness (QED) is 0.732. The average Bonchev–Trinajstić information content (AvgIpc) is 2.45. The van der Waals surface area contributed by atoms with Gasteiger partial charge in [-0.05, 0) is 49.8 Å². The van der Waals surface area contributed by atoms with Gasteiger partial charge in [-0.15, -0.1) is 11.3 Å². The summed E-state index contributed by atoms with van der Waals surface area (Å²) in [5.41, 5.74) is 7.37. The summed E-state index contributed by atoms with van der Waals surface area (Å²) in [7, 11) is 0. The van der Waals surface area contributed by atoms with E-state index in [1.54, 1.807) is 10.4 Å². The predicted molar refractivity (Wildman–Crippen MR) is 58.3 cm³/mol. The second-order valence-electron chi connectivity index (χ2n) is 4.09. The molecular formula is C11H17NS. The van der Waals surface area contributed by atoms with Crippen LogP contribution in [-0.2, 0) is 6.42 Å². The first-order valence-corrected chi connectivity index (χ1v) is 5.83. The van der Waals surface area contributed by atoms with Crippen LogP contribution < -0.4 is 5.73 Å². The highest BCUT2D eigenvalue weighted by molar-refractivity contribution is 7.12. The van der Waals surface area contributed by atoms with Gasteiger partial charge in [0.1, 0.15) is 0 Å². The van der Waals surface area contributed by atoms with Gasteiger partial charge < -0.3 is 5.73 Å². The molecule has 1 aliphatic rings. The molecule has 0 radical (unpaired) electrons. The Morgan fingerprint density at radius 3 is 3.08 bits per heavy atom. The largest absolute Gasteiger partial charge is 0.330 e. The van der Waals surface area contributed by atoms with Crippen LogP contribution in [0.4, 0.5) is 0 Å². The molecule has 0 spiro atoms. The Kier molecular flexibility index (Phi) is 2.43. The van der Waals surface area contributed by atoms with E-state index in [1.165, 1.54) is 17.7 Å². The summed E-state index contributed by atoms with van der Waals surface area (Å²) in [6.07, 6.45) is 2.58. The third kappa shape index (κ3) is 1.53. The minimum atomic E-state index is 0.619. The fraction of sp³-hybridized carbons (Fsp3) is 0.636. The van der Waals surface area contributed by atoms with Crippen LogP contribution in [0.25, 0.3) is 0 Å². The van der Waals surface area contributed by atoms with Gasteiger partial charge in [-0.2, -0.15) is 0 Å². The zero-order chi connectivity index (χ0) is 9.42. The number of nitrogens with two attached hydrogens (primary N) is 1. The Labute approximate surface area is 84.0 Å². The Hall–Kier alpha value is -0.340. The number of thiophene rings is 1. The van der Waals surface area contributed by atoms with Crippen molar-refractivity contribution in [3.05, 3.63) is 21.4 Å². The zero-order valence-corrected chi connectivity index (χ0v) is 9.16. The van der Waals surface area contributed by atoms with Crippen molar-refractivity contribution in [1.29, 1.82) is 0 Å². The van der Waals surface area contributed by atoms with E-state index < -0.39 is 0 Å². The van der Waals surface area contributed by atoms with Crippen LogP contribution in [0, 0.1) is 12.8 Å². The molecule has 2 atom stereocenters. The Morgan fingerprint density at radius 1 is 1.62 bits per heavy atom. The van der Waals surface area contributed by atoms with Crippen molar-refractivity contribution in [2.24, 2.45) is 11.7 Å². The van der Waals surface area contributed by atoms with Gasteiger partial charge in [0.05, 0.1) is 0 Å². The van der Waals surface area contributed by atoms with E-state index in [0.717, 1.165) is 12.5 Å². The molecule has 1 aromatic heterocycles. The maximum Gasteiger partial charge on any atom is 0.00835 e. The lowest BCUT2D eigenvalue weighted by Gasteiger charge is -2.27. The molecule has 0 bridgehead atoms. The first-order valence-electron chi connectivity index (χ1n) is 5.01. The maximum atomic E-state index is 5.82. The lowest BCUT2D eigenvalue weighted by molar-refractivity contribution is 0.412. The van der Waals surface area contributed by atoms with Crippen molar-refractivity contribution in [2.75, 3.05) is 6.54 Å². The van der Waals surface area contributed by atoms with E-state index in [-0.39, 0.29) is 0 Å². The lowest BCUT2D eigenvalue weighted by atomic mass is 9.79. The Balaban J connectivity index is 2.38. The van der Waals surface area contributed by atoms with Gasteiger partial charge in [-0.25, -0.2) is 0 Å². The van der Waals surface area contributed by atoms with Crippen molar-refractivity contribution < 1.29 is 0 Å². The van der Waals surface area contributed by atoms with E-state index in [2.05, 4.69) is 19.9 Å². The molecule has 72 valence electrons. The van der Waals surface area contributed by atoms with Crippen LogP contribution in [0.2, 0.25) is 0 Å². The molecule has 2 N–H and O–H groups in total. The fourth-order valence-electron chi connectivity index (χ4n) is 2.32. The molecule has 13 heavy (non-hydrogen) atoms. The van der Waals surface area contributed by atoms with Gasteiger partial charge in [0.25, 0.3) is 0 Å². The van der Waals surface area contributed by atoms with Crippen molar-refractivity contribution >= 4 is 11.3 Å². The molecule has 0 saturated carbocycles. The summed E-state index contributed by atoms with van der Waals surface area (Å²) < 4.78 is 0. The predicted octanol–water partition coefficient (Wildman–Crippen LogP) is 2.68. The molecular weight excluding hydrogens is 178 g/mol. The normalized spacial score (nSPS) is 27.3. The maximum absolute atomic E-state index is 5.82. The van der Waals surface area contributed by atoms with E-state index in [1.807, 2.05) is 11.3 Å². The second-order valence-corrected chi connectivity index (χ2v) is 5.43. The van der Waals surface area contributed by atoms with Crippen LogP contribution in [0.3, 0.4) is 0 Å². The van der Waals surface area contributed by atoms with Gasteiger partial charge in [0.2, 0.25) is 0 Å². The molecule has 0 fully saturated rings. The Morgan fingerprint density at radius 2 is 2.38 bits per heavy atom. The number of aryl methyl sites for hydroxylation is 2. The molecule has 2 heteroatoms. The monoisotopic (exact) mass is 195 g/mol. The highest BCUT2D eigenvalue weighted by Gasteiger charge is 2.26. The van der Waals surface area contributed by atoms with Crippen molar-refractivity contribution in [2.45, 2.75) is 32.6 Å². The van der Waals surface area contributed by atoms with Crippen LogP contribution in [0.5, 0.6) is 0 Å². The third-order valence-electron chi connectivity index (χ3n) is 3.13. The van der Waals surface area contributed by atoms with Crippen LogP contribution >= 0.6 is 11.3 Å². The highest BCUT2D eigenvalue weighted by atomic mass is 32.1. The van der Waals surface area contributed by atoms with E-state index in [9.17, 15) is 0 Å². The number of hydrogen-bond donors (Lipinski definition) is 1. The summed E-state index contributed by atoms with van der Waals surface area (Å²) in [6, 6.07) is 2.34. The van der Waals surface area contributed by atoms with Gasteiger partial charge >= 0.3 is 0 Å². The lowest BCUT2D eigenvalue weighted by Crippen LogP contribution is -2.23. The molecule has 2 unspecified atom stereocenters. The smallest absolute Gasteiger partial charge is 0.00835 e. The molecule has 0 amide bonds. The Bertz CT molecular complexity index is 303. The van der Waals surface area contributed by atoms with Crippen molar-refractivity contribution in [3.63, 3.8) is 0 Å². The van der Waals surface area contributed by atoms with Crippen LogP contribution in [0.1, 0.15) is 34.6 Å². The molecule has 1 heterocycles. The van der Waals surface area contributed by atoms with Crippen LogP contribution in [-0.4, -0.2) is 6.54 Å². The summed E-state index contributed by atoms with van der Waals surface area (Å²) >= 11 is 1.96. The van der Waals surface area contributed by atoms with E-state index in [4.69, 9.17) is 5.73 Å². The molecule has 2 rings (SSSR count). The summed E-state index contributed by atoms with van der Waals surface area (Å²) in [5.74, 6) is 1.39. The summed E-state index contributed by atoms with van der Waals surface area (Å²) in [4.78, 5) is 3.03. The molecule has 0 aliphatic heterocycles. The molecule has 0 saturated heterocycles. The van der Waals surface area contributed by atoms with E-state index in [0.29, 0.717) is 5.92 Å². The second kappa shape index (κ2) is 3.43. The fourth-order valence-corrected chi connectivity index (χ4v) is 3.44. The highest BCUT2D eigenvalue weighted by Crippen LogP contribution is 2.39. The topological polar surface area (TPSA) is 26.0 Å². The minimum absolute atomic E-state index is 0.619. The van der Waals surface area contributed by atoms with Crippen molar-refractivity contribution in [3.8, 4) is 0 Å². The number of hydrogen-bond acceptors (Lipinski definition) is 2. The molecule has 1 aromatic rings. The van der Waals surface area contributed by atoms with E-state index >= 15 is 0 Å². The standard InChI is InChI=1S/C11H17NS/c1-7-3-4-11-9(10(7)6-12)5-8(2)13-11/h5,7,10H,3-4,6,12H2,1-2H3. The first-order chi connectivity index (χ1) is 6.22. The minimum Gasteiger partial charge on any atom is -0.330 e. The first kappa shape index (κ1) is 9.22. The van der Waals surface area contributed by atoms with Crippen LogP contribution in [0.15, 0.2) is 6.07 Å². The van der Waals surface area contributed by atoms with Gasteiger partial charge in [0.15, 0.2) is 0 Å². The summed E-state index contributed by atoms with van der Waals surface area (Å²) in [5, 5.41) is 0.